The second-order valence-corrected chi connectivity index (χ2v) is 9.45. The van der Waals surface area contributed by atoms with E-state index in [4.69, 9.17) is 9.15 Å². The maximum atomic E-state index is 13.2. The molecular weight excluding hydrogens is 466 g/mol. The summed E-state index contributed by atoms with van der Waals surface area (Å²) in [7, 11) is 1.67. The second kappa shape index (κ2) is 9.53. The average Bonchev–Trinajstić information content (AvgIpc) is 3.23. The topological polar surface area (TPSA) is 42.7 Å². The van der Waals surface area contributed by atoms with Gasteiger partial charge in [0.25, 0.3) is 0 Å². The predicted molar refractivity (Wildman–Crippen MR) is 134 cm³/mol. The van der Waals surface area contributed by atoms with E-state index in [0.29, 0.717) is 6.04 Å². The first kappa shape index (κ1) is 22.7. The van der Waals surface area contributed by atoms with Gasteiger partial charge in [0.15, 0.2) is 0 Å². The Kier molecular flexibility index (Phi) is 6.75. The summed E-state index contributed by atoms with van der Waals surface area (Å²) < 4.78 is 12.8. The summed E-state index contributed by atoms with van der Waals surface area (Å²) in [6.07, 6.45) is 7.94. The number of ether oxygens (including phenoxy) is 1. The molecule has 1 atom stereocenters. The van der Waals surface area contributed by atoms with Crippen molar-refractivity contribution in [3.05, 3.63) is 58.3 Å². The van der Waals surface area contributed by atoms with Crippen LogP contribution in [0.25, 0.3) is 27.7 Å². The highest BCUT2D eigenvalue weighted by molar-refractivity contribution is 9.10. The number of benzene rings is 2. The highest BCUT2D eigenvalue weighted by atomic mass is 79.9. The summed E-state index contributed by atoms with van der Waals surface area (Å²) in [5, 5.41) is 1.01. The van der Waals surface area contributed by atoms with Gasteiger partial charge >= 0.3 is 0 Å². The van der Waals surface area contributed by atoms with Gasteiger partial charge < -0.3 is 14.1 Å². The van der Waals surface area contributed by atoms with Crippen molar-refractivity contribution in [3.63, 3.8) is 0 Å². The number of carbonyl (C=O) groups excluding carboxylic acids is 1. The Balaban J connectivity index is 1.79. The molecule has 168 valence electrons. The summed E-state index contributed by atoms with van der Waals surface area (Å²) in [4.78, 5) is 15.2. The summed E-state index contributed by atoms with van der Waals surface area (Å²) in [6.45, 7) is 7.00. The zero-order valence-corrected chi connectivity index (χ0v) is 20.8. The lowest BCUT2D eigenvalue weighted by molar-refractivity contribution is -0.129. The van der Waals surface area contributed by atoms with E-state index >= 15 is 0 Å². The number of aryl methyl sites for hydroxylation is 1. The number of likely N-dealkylation sites (tertiary alicyclic amines) is 1. The number of carbonyl (C=O) groups is 1. The number of piperidine rings is 1. The van der Waals surface area contributed by atoms with Gasteiger partial charge in [0, 0.05) is 45.2 Å². The van der Waals surface area contributed by atoms with Crippen LogP contribution in [-0.2, 0) is 4.79 Å². The van der Waals surface area contributed by atoms with Crippen molar-refractivity contribution >= 4 is 38.4 Å². The number of hydrogen-bond donors (Lipinski definition) is 0. The first-order chi connectivity index (χ1) is 15.4. The molecule has 3 aromatic rings. The molecule has 2 heterocycles. The van der Waals surface area contributed by atoms with Gasteiger partial charge in [0.05, 0.1) is 13.4 Å². The number of allylic oxidation sites excluding steroid dienone is 1. The number of halogens is 1. The molecule has 2 aromatic carbocycles. The normalized spacial score (nSPS) is 17.1. The molecule has 4 rings (SSSR count). The standard InChI is InChI=1S/C27H30BrNO3/c1-5-21-11-6-7-12-29(21)25(30)13-17(2)22-15-23-24(19-9-8-10-20(28)14-19)16-32-27(23)18(3)26(22)31-4/h8-10,13-16,21H,5-7,11-12H2,1-4H3/b17-13+. The van der Waals surface area contributed by atoms with Gasteiger partial charge in [-0.15, -0.1) is 0 Å². The smallest absolute Gasteiger partial charge is 0.247 e. The summed E-state index contributed by atoms with van der Waals surface area (Å²) >= 11 is 3.56. The fourth-order valence-electron chi connectivity index (χ4n) is 4.81. The second-order valence-electron chi connectivity index (χ2n) is 8.54. The summed E-state index contributed by atoms with van der Waals surface area (Å²) in [5.74, 6) is 0.841. The lowest BCUT2D eigenvalue weighted by atomic mass is 9.96. The number of amides is 1. The van der Waals surface area contributed by atoms with Crippen LogP contribution < -0.4 is 4.74 Å². The van der Waals surface area contributed by atoms with E-state index in [1.807, 2.05) is 30.9 Å². The van der Waals surface area contributed by atoms with Crippen LogP contribution in [0.15, 0.2) is 51.6 Å². The predicted octanol–water partition coefficient (Wildman–Crippen LogP) is 7.37. The third-order valence-corrected chi connectivity index (χ3v) is 7.02. The van der Waals surface area contributed by atoms with Gasteiger partial charge in [0.2, 0.25) is 5.91 Å². The molecule has 32 heavy (non-hydrogen) atoms. The molecule has 1 saturated heterocycles. The molecule has 1 amide bonds. The minimum atomic E-state index is 0.0910. The average molecular weight is 496 g/mol. The Hall–Kier alpha value is -2.53. The number of nitrogens with zero attached hydrogens (tertiary/aromatic N) is 1. The molecule has 0 N–H and O–H groups in total. The van der Waals surface area contributed by atoms with Crippen molar-refractivity contribution in [2.24, 2.45) is 0 Å². The van der Waals surface area contributed by atoms with Crippen LogP contribution in [-0.4, -0.2) is 30.5 Å². The van der Waals surface area contributed by atoms with Gasteiger partial charge in [-0.1, -0.05) is 35.0 Å². The van der Waals surface area contributed by atoms with Crippen LogP contribution in [0.1, 0.15) is 50.7 Å². The summed E-state index contributed by atoms with van der Waals surface area (Å²) in [6, 6.07) is 10.6. The molecule has 0 aliphatic carbocycles. The van der Waals surface area contributed by atoms with Crippen molar-refractivity contribution in [1.29, 1.82) is 0 Å². The molecule has 1 unspecified atom stereocenters. The van der Waals surface area contributed by atoms with Gasteiger partial charge in [-0.05, 0) is 68.9 Å². The number of furan rings is 1. The fraction of sp³-hybridized carbons (Fsp3) is 0.370. The van der Waals surface area contributed by atoms with Gasteiger partial charge in [0.1, 0.15) is 11.3 Å². The fourth-order valence-corrected chi connectivity index (χ4v) is 5.21. The number of hydrogen-bond acceptors (Lipinski definition) is 3. The van der Waals surface area contributed by atoms with Crippen molar-refractivity contribution < 1.29 is 13.9 Å². The lowest BCUT2D eigenvalue weighted by Gasteiger charge is -2.34. The molecule has 4 nitrogen and oxygen atoms in total. The molecule has 0 bridgehead atoms. The molecule has 5 heteroatoms. The van der Waals surface area contributed by atoms with E-state index in [2.05, 4.69) is 41.1 Å². The van der Waals surface area contributed by atoms with Crippen LogP contribution in [0.4, 0.5) is 0 Å². The highest BCUT2D eigenvalue weighted by Crippen LogP contribution is 2.41. The highest BCUT2D eigenvalue weighted by Gasteiger charge is 2.25. The Morgan fingerprint density at radius 3 is 2.84 bits per heavy atom. The Morgan fingerprint density at radius 2 is 2.12 bits per heavy atom. The van der Waals surface area contributed by atoms with Crippen LogP contribution in [0.5, 0.6) is 5.75 Å². The van der Waals surface area contributed by atoms with E-state index in [-0.39, 0.29) is 5.91 Å². The summed E-state index contributed by atoms with van der Waals surface area (Å²) in [5.41, 5.74) is 5.67. The van der Waals surface area contributed by atoms with Crippen molar-refractivity contribution in [2.45, 2.75) is 52.5 Å². The van der Waals surface area contributed by atoms with Crippen molar-refractivity contribution in [3.8, 4) is 16.9 Å². The minimum Gasteiger partial charge on any atom is -0.496 e. The molecule has 1 aromatic heterocycles. The molecule has 0 spiro atoms. The Bertz CT molecular complexity index is 1180. The zero-order valence-electron chi connectivity index (χ0n) is 19.2. The van der Waals surface area contributed by atoms with Crippen molar-refractivity contribution in [2.75, 3.05) is 13.7 Å². The first-order valence-corrected chi connectivity index (χ1v) is 12.1. The Labute approximate surface area is 198 Å². The monoisotopic (exact) mass is 495 g/mol. The van der Waals surface area contributed by atoms with Crippen LogP contribution in [0, 0.1) is 6.92 Å². The van der Waals surface area contributed by atoms with E-state index in [1.54, 1.807) is 19.4 Å². The minimum absolute atomic E-state index is 0.0910. The SMILES string of the molecule is CCC1CCCCN1C(=O)/C=C(\C)c1cc2c(-c3cccc(Br)c3)coc2c(C)c1OC. The van der Waals surface area contributed by atoms with Crippen LogP contribution in [0.2, 0.25) is 0 Å². The maximum Gasteiger partial charge on any atom is 0.247 e. The van der Waals surface area contributed by atoms with E-state index in [9.17, 15) is 4.79 Å². The number of rotatable bonds is 5. The molecule has 1 aliphatic rings. The zero-order chi connectivity index (χ0) is 22.8. The van der Waals surface area contributed by atoms with Gasteiger partial charge in [-0.2, -0.15) is 0 Å². The lowest BCUT2D eigenvalue weighted by Crippen LogP contribution is -2.42. The Morgan fingerprint density at radius 1 is 1.31 bits per heavy atom. The van der Waals surface area contributed by atoms with Gasteiger partial charge in [-0.25, -0.2) is 0 Å². The number of fused-ring (bicyclic) bond motifs is 1. The first-order valence-electron chi connectivity index (χ1n) is 11.3. The molecule has 0 saturated carbocycles. The van der Waals surface area contributed by atoms with Crippen LogP contribution >= 0.6 is 15.9 Å². The third kappa shape index (κ3) is 4.23. The maximum absolute atomic E-state index is 13.2. The van der Waals surface area contributed by atoms with Crippen LogP contribution in [0.3, 0.4) is 0 Å². The van der Waals surface area contributed by atoms with E-state index in [0.717, 1.165) is 74.8 Å². The van der Waals surface area contributed by atoms with E-state index in [1.165, 1.54) is 6.42 Å². The molecular formula is C27H30BrNO3. The number of methoxy groups -OCH3 is 1. The van der Waals surface area contributed by atoms with E-state index < -0.39 is 0 Å². The third-order valence-electron chi connectivity index (χ3n) is 6.53. The largest absolute Gasteiger partial charge is 0.496 e. The molecule has 1 fully saturated rings. The van der Waals surface area contributed by atoms with Crippen molar-refractivity contribution in [1.82, 2.24) is 4.90 Å². The molecule has 0 radical (unpaired) electrons. The van der Waals surface area contributed by atoms with Gasteiger partial charge in [-0.3, -0.25) is 4.79 Å². The quantitative estimate of drug-likeness (QED) is 0.346. The molecule has 1 aliphatic heterocycles.